The number of rotatable bonds is 3. The Morgan fingerprint density at radius 1 is 1.33 bits per heavy atom. The highest BCUT2D eigenvalue weighted by molar-refractivity contribution is 5.85. The van der Waals surface area contributed by atoms with Crippen LogP contribution in [0.15, 0.2) is 0 Å². The summed E-state index contributed by atoms with van der Waals surface area (Å²) in [6.07, 6.45) is 3.76. The number of hydrogen-bond acceptors (Lipinski definition) is 4. The Bertz CT molecular complexity index is 290. The Labute approximate surface area is 109 Å². The summed E-state index contributed by atoms with van der Waals surface area (Å²) in [6.45, 7) is 3.23. The zero-order valence-corrected chi connectivity index (χ0v) is 11.4. The molecule has 1 atom stereocenters. The molecular formula is C13H24N2O3. The van der Waals surface area contributed by atoms with Crippen LogP contribution in [-0.4, -0.2) is 62.9 Å². The molecule has 1 N–H and O–H groups in total. The Kier molecular flexibility index (Phi) is 4.59. The minimum Gasteiger partial charge on any atom is -0.380 e. The number of ether oxygens (including phenoxy) is 2. The lowest BCUT2D eigenvalue weighted by Crippen LogP contribution is -2.57. The van der Waals surface area contributed by atoms with Crippen LogP contribution in [0, 0.1) is 0 Å². The lowest BCUT2D eigenvalue weighted by molar-refractivity contribution is -0.161. The Hall–Kier alpha value is -0.650. The number of methoxy groups -OCH3 is 2. The van der Waals surface area contributed by atoms with Gasteiger partial charge in [-0.2, -0.15) is 0 Å². The average Bonchev–Trinajstić information content (AvgIpc) is 2.47. The highest BCUT2D eigenvalue weighted by Gasteiger charge is 2.43. The molecule has 0 radical (unpaired) electrons. The van der Waals surface area contributed by atoms with E-state index in [0.29, 0.717) is 6.54 Å². The molecule has 1 unspecified atom stereocenters. The van der Waals surface area contributed by atoms with Gasteiger partial charge in [0.1, 0.15) is 5.60 Å². The van der Waals surface area contributed by atoms with Gasteiger partial charge in [-0.25, -0.2) is 0 Å². The Morgan fingerprint density at radius 2 is 2.06 bits per heavy atom. The molecule has 0 spiro atoms. The van der Waals surface area contributed by atoms with Gasteiger partial charge in [-0.3, -0.25) is 4.79 Å². The molecule has 0 aromatic rings. The number of piperidine rings is 2. The predicted molar refractivity (Wildman–Crippen MR) is 68.5 cm³/mol. The largest absolute Gasteiger partial charge is 0.380 e. The standard InChI is InChI=1S/C13H24N2O3/c1-17-11-4-3-9-15(10-11)12(16)13(18-2)5-7-14-8-6-13/h11,14H,3-10H2,1-2H3. The van der Waals surface area contributed by atoms with E-state index in [2.05, 4.69) is 5.32 Å². The summed E-state index contributed by atoms with van der Waals surface area (Å²) in [5.41, 5.74) is -0.610. The number of likely N-dealkylation sites (tertiary alicyclic amines) is 1. The highest BCUT2D eigenvalue weighted by Crippen LogP contribution is 2.27. The second-order valence-electron chi connectivity index (χ2n) is 5.20. The van der Waals surface area contributed by atoms with Gasteiger partial charge >= 0.3 is 0 Å². The minimum atomic E-state index is -0.610. The van der Waals surface area contributed by atoms with Crippen molar-refractivity contribution in [1.29, 1.82) is 0 Å². The molecular weight excluding hydrogens is 232 g/mol. The summed E-state index contributed by atoms with van der Waals surface area (Å²) in [7, 11) is 3.37. The van der Waals surface area contributed by atoms with E-state index in [1.807, 2.05) is 4.90 Å². The SMILES string of the molecule is COC1CCCN(C(=O)C2(OC)CCNCC2)C1. The van der Waals surface area contributed by atoms with E-state index in [1.54, 1.807) is 14.2 Å². The third-order valence-corrected chi connectivity index (χ3v) is 4.19. The van der Waals surface area contributed by atoms with E-state index >= 15 is 0 Å². The Balaban J connectivity index is 2.04. The van der Waals surface area contributed by atoms with Gasteiger partial charge in [0.2, 0.25) is 0 Å². The van der Waals surface area contributed by atoms with Gasteiger partial charge in [0.15, 0.2) is 0 Å². The number of hydrogen-bond donors (Lipinski definition) is 1. The van der Waals surface area contributed by atoms with Gasteiger partial charge in [-0.15, -0.1) is 0 Å². The van der Waals surface area contributed by atoms with E-state index in [4.69, 9.17) is 9.47 Å². The first-order valence-electron chi connectivity index (χ1n) is 6.80. The molecule has 2 rings (SSSR count). The van der Waals surface area contributed by atoms with Crippen molar-refractivity contribution in [3.05, 3.63) is 0 Å². The van der Waals surface area contributed by atoms with Gasteiger partial charge in [-0.1, -0.05) is 0 Å². The summed E-state index contributed by atoms with van der Waals surface area (Å²) < 4.78 is 11.0. The van der Waals surface area contributed by atoms with E-state index < -0.39 is 5.60 Å². The number of nitrogens with one attached hydrogen (secondary N) is 1. The maximum absolute atomic E-state index is 12.7. The first-order valence-corrected chi connectivity index (χ1v) is 6.80. The highest BCUT2D eigenvalue weighted by atomic mass is 16.5. The molecule has 0 bridgehead atoms. The van der Waals surface area contributed by atoms with E-state index in [1.165, 1.54) is 0 Å². The number of carbonyl (C=O) groups excluding carboxylic acids is 1. The molecule has 5 heteroatoms. The molecule has 2 aliphatic rings. The van der Waals surface area contributed by atoms with E-state index in [0.717, 1.165) is 45.3 Å². The fourth-order valence-corrected chi connectivity index (χ4v) is 2.94. The molecule has 1 amide bonds. The summed E-state index contributed by atoms with van der Waals surface area (Å²) in [5.74, 6) is 0.147. The Morgan fingerprint density at radius 3 is 2.67 bits per heavy atom. The molecule has 0 aliphatic carbocycles. The second-order valence-corrected chi connectivity index (χ2v) is 5.20. The fourth-order valence-electron chi connectivity index (χ4n) is 2.94. The average molecular weight is 256 g/mol. The van der Waals surface area contributed by atoms with Crippen LogP contribution in [0.4, 0.5) is 0 Å². The van der Waals surface area contributed by atoms with Gasteiger partial charge < -0.3 is 19.7 Å². The normalized spacial score (nSPS) is 28.1. The fraction of sp³-hybridized carbons (Fsp3) is 0.923. The number of nitrogens with zero attached hydrogens (tertiary/aromatic N) is 1. The third-order valence-electron chi connectivity index (χ3n) is 4.19. The molecule has 104 valence electrons. The van der Waals surface area contributed by atoms with Crippen molar-refractivity contribution >= 4 is 5.91 Å². The van der Waals surface area contributed by atoms with Crippen LogP contribution in [0.5, 0.6) is 0 Å². The minimum absolute atomic E-state index is 0.147. The van der Waals surface area contributed by atoms with Crippen molar-refractivity contribution in [2.75, 3.05) is 40.4 Å². The quantitative estimate of drug-likeness (QED) is 0.794. The second kappa shape index (κ2) is 5.99. The van der Waals surface area contributed by atoms with Crippen LogP contribution < -0.4 is 5.32 Å². The maximum Gasteiger partial charge on any atom is 0.254 e. The molecule has 2 fully saturated rings. The molecule has 5 nitrogen and oxygen atoms in total. The van der Waals surface area contributed by atoms with E-state index in [9.17, 15) is 4.79 Å². The van der Waals surface area contributed by atoms with Crippen LogP contribution in [0.2, 0.25) is 0 Å². The zero-order valence-electron chi connectivity index (χ0n) is 11.4. The topological polar surface area (TPSA) is 50.8 Å². The lowest BCUT2D eigenvalue weighted by atomic mass is 9.89. The molecule has 18 heavy (non-hydrogen) atoms. The first-order chi connectivity index (χ1) is 8.72. The van der Waals surface area contributed by atoms with Crippen molar-refractivity contribution in [2.24, 2.45) is 0 Å². The maximum atomic E-state index is 12.7. The van der Waals surface area contributed by atoms with Gasteiger partial charge in [-0.05, 0) is 38.8 Å². The summed E-state index contributed by atoms with van der Waals surface area (Å²) in [6, 6.07) is 0. The molecule has 0 saturated carbocycles. The van der Waals surface area contributed by atoms with Crippen LogP contribution in [0.25, 0.3) is 0 Å². The number of carbonyl (C=O) groups is 1. The van der Waals surface area contributed by atoms with Crippen molar-refractivity contribution in [1.82, 2.24) is 10.2 Å². The third kappa shape index (κ3) is 2.68. The lowest BCUT2D eigenvalue weighted by Gasteiger charge is -2.41. The monoisotopic (exact) mass is 256 g/mol. The molecule has 0 aromatic heterocycles. The predicted octanol–water partition coefficient (Wildman–Crippen LogP) is 0.392. The van der Waals surface area contributed by atoms with Gasteiger partial charge in [0, 0.05) is 27.3 Å². The summed E-state index contributed by atoms with van der Waals surface area (Å²) in [4.78, 5) is 14.6. The molecule has 2 heterocycles. The van der Waals surface area contributed by atoms with Gasteiger partial charge in [0.25, 0.3) is 5.91 Å². The van der Waals surface area contributed by atoms with Crippen molar-refractivity contribution < 1.29 is 14.3 Å². The van der Waals surface area contributed by atoms with Crippen LogP contribution in [-0.2, 0) is 14.3 Å². The van der Waals surface area contributed by atoms with Crippen LogP contribution in [0.3, 0.4) is 0 Å². The van der Waals surface area contributed by atoms with E-state index in [-0.39, 0.29) is 12.0 Å². The van der Waals surface area contributed by atoms with Crippen molar-refractivity contribution in [2.45, 2.75) is 37.4 Å². The van der Waals surface area contributed by atoms with Crippen LogP contribution in [0.1, 0.15) is 25.7 Å². The summed E-state index contributed by atoms with van der Waals surface area (Å²) >= 11 is 0. The zero-order chi connectivity index (χ0) is 13.0. The van der Waals surface area contributed by atoms with Crippen molar-refractivity contribution in [3.63, 3.8) is 0 Å². The number of amides is 1. The van der Waals surface area contributed by atoms with Crippen molar-refractivity contribution in [3.8, 4) is 0 Å². The summed E-state index contributed by atoms with van der Waals surface area (Å²) in [5, 5.41) is 3.28. The molecule has 2 aliphatic heterocycles. The van der Waals surface area contributed by atoms with Gasteiger partial charge in [0.05, 0.1) is 6.10 Å². The first kappa shape index (κ1) is 13.8. The molecule has 0 aromatic carbocycles. The smallest absolute Gasteiger partial charge is 0.254 e. The van der Waals surface area contributed by atoms with Crippen LogP contribution >= 0.6 is 0 Å². The molecule has 2 saturated heterocycles.